The molecule has 2 rings (SSSR count). The van der Waals surface area contributed by atoms with Gasteiger partial charge in [0, 0.05) is 23.5 Å². The first-order valence-corrected chi connectivity index (χ1v) is 8.17. The smallest absolute Gasteiger partial charge is 0.0812 e. The van der Waals surface area contributed by atoms with Crippen LogP contribution in [0.1, 0.15) is 76.4 Å². The molecule has 0 radical (unpaired) electrons. The number of aliphatic hydroxyl groups is 1. The van der Waals surface area contributed by atoms with Gasteiger partial charge < -0.3 is 9.67 Å². The van der Waals surface area contributed by atoms with Gasteiger partial charge in [-0.25, -0.2) is 0 Å². The van der Waals surface area contributed by atoms with E-state index < -0.39 is 0 Å². The predicted molar refractivity (Wildman–Crippen MR) is 84.9 cm³/mol. The minimum absolute atomic E-state index is 0.215. The van der Waals surface area contributed by atoms with Crippen molar-refractivity contribution < 1.29 is 5.11 Å². The van der Waals surface area contributed by atoms with Crippen LogP contribution in [0, 0.1) is 18.3 Å². The summed E-state index contributed by atoms with van der Waals surface area (Å²) in [6.07, 6.45) is 5.57. The molecule has 1 aliphatic rings. The van der Waals surface area contributed by atoms with E-state index in [1.165, 1.54) is 36.2 Å². The first-order chi connectivity index (χ1) is 9.30. The number of fused-ring (bicyclic) bond motifs is 1. The third kappa shape index (κ3) is 3.46. The summed E-state index contributed by atoms with van der Waals surface area (Å²) in [7, 11) is 0. The van der Waals surface area contributed by atoms with Crippen LogP contribution in [-0.2, 0) is 13.0 Å². The van der Waals surface area contributed by atoms with E-state index in [1.54, 1.807) is 0 Å². The van der Waals surface area contributed by atoms with E-state index in [2.05, 4.69) is 45.3 Å². The Morgan fingerprint density at radius 2 is 2.05 bits per heavy atom. The molecular formula is C18H31NO. The maximum atomic E-state index is 10.4. The first-order valence-electron chi connectivity index (χ1n) is 8.17. The summed E-state index contributed by atoms with van der Waals surface area (Å²) in [6, 6.07) is 2.21. The number of aryl methyl sites for hydroxylation is 1. The van der Waals surface area contributed by atoms with Gasteiger partial charge in [-0.15, -0.1) is 0 Å². The molecule has 0 fully saturated rings. The lowest BCUT2D eigenvalue weighted by molar-refractivity contribution is 0.0979. The Balaban J connectivity index is 2.10. The van der Waals surface area contributed by atoms with Gasteiger partial charge in [-0.05, 0) is 43.6 Å². The second-order valence-electron chi connectivity index (χ2n) is 7.79. The molecular weight excluding hydrogens is 246 g/mol. The van der Waals surface area contributed by atoms with Crippen LogP contribution in [0.25, 0.3) is 0 Å². The summed E-state index contributed by atoms with van der Waals surface area (Å²) >= 11 is 0. The molecule has 0 amide bonds. The van der Waals surface area contributed by atoms with Gasteiger partial charge in [-0.2, -0.15) is 0 Å². The van der Waals surface area contributed by atoms with Crippen LogP contribution in [0.4, 0.5) is 0 Å². The van der Waals surface area contributed by atoms with E-state index in [0.29, 0.717) is 0 Å². The maximum absolute atomic E-state index is 10.4. The Hall–Kier alpha value is -0.760. The largest absolute Gasteiger partial charge is 0.388 e. The zero-order chi connectivity index (χ0) is 14.9. The van der Waals surface area contributed by atoms with Crippen molar-refractivity contribution in [3.63, 3.8) is 0 Å². The van der Waals surface area contributed by atoms with Gasteiger partial charge >= 0.3 is 0 Å². The highest BCUT2D eigenvalue weighted by atomic mass is 16.3. The van der Waals surface area contributed by atoms with E-state index in [0.717, 1.165) is 25.3 Å². The van der Waals surface area contributed by atoms with Crippen LogP contribution in [0.2, 0.25) is 0 Å². The second-order valence-corrected chi connectivity index (χ2v) is 7.79. The van der Waals surface area contributed by atoms with E-state index in [-0.39, 0.29) is 11.5 Å². The van der Waals surface area contributed by atoms with E-state index in [4.69, 9.17) is 0 Å². The van der Waals surface area contributed by atoms with Crippen molar-refractivity contribution in [2.24, 2.45) is 11.3 Å². The lowest BCUT2D eigenvalue weighted by atomic mass is 9.75. The number of aliphatic hydroxyl groups excluding tert-OH is 1. The molecule has 2 nitrogen and oxygen atoms in total. The molecule has 0 saturated heterocycles. The lowest BCUT2D eigenvalue weighted by Crippen LogP contribution is -2.27. The number of hydrogen-bond donors (Lipinski definition) is 1. The van der Waals surface area contributed by atoms with Gasteiger partial charge in [-0.3, -0.25) is 0 Å². The molecule has 1 N–H and O–H groups in total. The van der Waals surface area contributed by atoms with Gasteiger partial charge in [0.15, 0.2) is 0 Å². The number of nitrogens with zero attached hydrogens (tertiary/aromatic N) is 1. The van der Waals surface area contributed by atoms with E-state index in [1.807, 2.05) is 0 Å². The predicted octanol–water partition coefficient (Wildman–Crippen LogP) is 4.63. The van der Waals surface area contributed by atoms with Crippen molar-refractivity contribution in [3.8, 4) is 0 Å². The minimum atomic E-state index is -0.274. The van der Waals surface area contributed by atoms with Crippen LogP contribution in [0.15, 0.2) is 6.07 Å². The molecule has 20 heavy (non-hydrogen) atoms. The van der Waals surface area contributed by atoms with Crippen LogP contribution in [0.5, 0.6) is 0 Å². The number of aromatic nitrogens is 1. The zero-order valence-corrected chi connectivity index (χ0v) is 13.9. The highest BCUT2D eigenvalue weighted by molar-refractivity contribution is 5.33. The topological polar surface area (TPSA) is 25.2 Å². The molecule has 0 aliphatic heterocycles. The Labute approximate surface area is 124 Å². The maximum Gasteiger partial charge on any atom is 0.0812 e. The number of unbranched alkanes of at least 4 members (excludes halogenated alkanes) is 1. The van der Waals surface area contributed by atoms with Crippen LogP contribution in [0.3, 0.4) is 0 Å². The summed E-state index contributed by atoms with van der Waals surface area (Å²) in [4.78, 5) is 0. The van der Waals surface area contributed by atoms with Gasteiger partial charge in [0.25, 0.3) is 0 Å². The molecule has 1 aromatic heterocycles. The quantitative estimate of drug-likeness (QED) is 0.780. The monoisotopic (exact) mass is 277 g/mol. The highest BCUT2D eigenvalue weighted by Gasteiger charge is 2.33. The number of hydrogen-bond acceptors (Lipinski definition) is 1. The van der Waals surface area contributed by atoms with Gasteiger partial charge in [0.1, 0.15) is 0 Å². The van der Waals surface area contributed by atoms with Crippen LogP contribution >= 0.6 is 0 Å². The summed E-state index contributed by atoms with van der Waals surface area (Å²) in [5, 5.41) is 10.4. The summed E-state index contributed by atoms with van der Waals surface area (Å²) in [5.41, 5.74) is 4.10. The average molecular weight is 277 g/mol. The third-order valence-corrected chi connectivity index (χ3v) is 4.61. The van der Waals surface area contributed by atoms with Crippen molar-refractivity contribution in [1.82, 2.24) is 4.57 Å². The van der Waals surface area contributed by atoms with E-state index >= 15 is 0 Å². The number of rotatable bonds is 5. The van der Waals surface area contributed by atoms with Gasteiger partial charge in [0.05, 0.1) is 6.10 Å². The van der Waals surface area contributed by atoms with Crippen molar-refractivity contribution in [2.75, 3.05) is 0 Å². The molecule has 0 spiro atoms. The summed E-state index contributed by atoms with van der Waals surface area (Å²) < 4.78 is 2.46. The summed E-state index contributed by atoms with van der Waals surface area (Å²) in [5.74, 6) is 0.801. The zero-order valence-electron chi connectivity index (χ0n) is 13.9. The first kappa shape index (κ1) is 15.6. The molecule has 0 saturated carbocycles. The standard InChI is InChI=1S/C18H31NO/c1-13(2)8-6-7-9-19-14(3)10-15-16(19)11-18(4,5)12-17(15)20/h10,13,17,20H,6-9,11-12H2,1-5H3. The Morgan fingerprint density at radius 1 is 1.35 bits per heavy atom. The Morgan fingerprint density at radius 3 is 2.70 bits per heavy atom. The van der Waals surface area contributed by atoms with Crippen molar-refractivity contribution in [2.45, 2.75) is 79.4 Å². The molecule has 1 aromatic rings. The fraction of sp³-hybridized carbons (Fsp3) is 0.778. The fourth-order valence-electron chi connectivity index (χ4n) is 3.53. The minimum Gasteiger partial charge on any atom is -0.388 e. The molecule has 0 bridgehead atoms. The molecule has 1 aliphatic carbocycles. The molecule has 1 unspecified atom stereocenters. The SMILES string of the molecule is Cc1cc2c(n1CCCCC(C)C)CC(C)(C)CC2O. The molecule has 114 valence electrons. The van der Waals surface area contributed by atoms with E-state index in [9.17, 15) is 5.11 Å². The Kier molecular flexibility index (Phi) is 4.63. The molecule has 1 atom stereocenters. The second kappa shape index (κ2) is 5.93. The van der Waals surface area contributed by atoms with Gasteiger partial charge in [-0.1, -0.05) is 40.5 Å². The van der Waals surface area contributed by atoms with Crippen molar-refractivity contribution in [3.05, 3.63) is 23.0 Å². The van der Waals surface area contributed by atoms with Gasteiger partial charge in [0.2, 0.25) is 0 Å². The summed E-state index contributed by atoms with van der Waals surface area (Å²) in [6.45, 7) is 12.4. The highest BCUT2D eigenvalue weighted by Crippen LogP contribution is 2.42. The third-order valence-electron chi connectivity index (χ3n) is 4.61. The molecule has 1 heterocycles. The van der Waals surface area contributed by atoms with Crippen LogP contribution < -0.4 is 0 Å². The normalized spacial score (nSPS) is 21.2. The molecule has 2 heteroatoms. The van der Waals surface area contributed by atoms with Crippen molar-refractivity contribution in [1.29, 1.82) is 0 Å². The Bertz CT molecular complexity index is 456. The molecule has 0 aromatic carbocycles. The lowest BCUT2D eigenvalue weighted by Gasteiger charge is -2.34. The fourth-order valence-corrected chi connectivity index (χ4v) is 3.53. The van der Waals surface area contributed by atoms with Crippen molar-refractivity contribution >= 4 is 0 Å². The average Bonchev–Trinajstić information content (AvgIpc) is 2.60. The van der Waals surface area contributed by atoms with Crippen LogP contribution in [-0.4, -0.2) is 9.67 Å².